The van der Waals surface area contributed by atoms with Crippen molar-refractivity contribution in [3.8, 4) is 0 Å². The van der Waals surface area contributed by atoms with E-state index in [4.69, 9.17) is 11.6 Å². The maximum Gasteiger partial charge on any atom is 0.253 e. The Morgan fingerprint density at radius 1 is 1.08 bits per heavy atom. The first-order chi connectivity index (χ1) is 11.4. The second-order valence-electron chi connectivity index (χ2n) is 6.33. The van der Waals surface area contributed by atoms with Gasteiger partial charge in [-0.3, -0.25) is 9.59 Å². The van der Waals surface area contributed by atoms with Crippen LogP contribution in [0, 0.1) is 0 Å². The van der Waals surface area contributed by atoms with Gasteiger partial charge in [0.15, 0.2) is 0 Å². The summed E-state index contributed by atoms with van der Waals surface area (Å²) in [6, 6.07) is 14.4. The van der Waals surface area contributed by atoms with Gasteiger partial charge in [-0.25, -0.2) is 0 Å². The maximum atomic E-state index is 12.8. The number of halogens is 1. The molecule has 1 aliphatic rings. The van der Waals surface area contributed by atoms with E-state index in [2.05, 4.69) is 5.32 Å². The van der Waals surface area contributed by atoms with Gasteiger partial charge < -0.3 is 10.2 Å². The lowest BCUT2D eigenvalue weighted by molar-refractivity contribution is -0.118. The molecule has 0 aliphatic heterocycles. The normalized spacial score (nSPS) is 14.8. The quantitative estimate of drug-likeness (QED) is 0.920. The van der Waals surface area contributed by atoms with Gasteiger partial charge in [-0.1, -0.05) is 29.8 Å². The zero-order valence-electron chi connectivity index (χ0n) is 13.7. The Hall–Kier alpha value is -2.33. The third-order valence-corrected chi connectivity index (χ3v) is 4.57. The molecule has 2 amide bonds. The second-order valence-corrected chi connectivity index (χ2v) is 6.76. The monoisotopic (exact) mass is 342 g/mol. The second kappa shape index (κ2) is 6.29. The summed E-state index contributed by atoms with van der Waals surface area (Å²) in [5.41, 5.74) is 1.60. The van der Waals surface area contributed by atoms with E-state index in [-0.39, 0.29) is 11.8 Å². The largest absolute Gasteiger partial charge is 0.345 e. The molecule has 2 aromatic rings. The van der Waals surface area contributed by atoms with Crippen molar-refractivity contribution in [2.24, 2.45) is 0 Å². The zero-order chi connectivity index (χ0) is 17.3. The molecule has 124 valence electrons. The van der Waals surface area contributed by atoms with E-state index in [1.54, 1.807) is 44.4 Å². The minimum absolute atomic E-state index is 0.0563. The summed E-state index contributed by atoms with van der Waals surface area (Å²) in [7, 11) is 3.40. The Morgan fingerprint density at radius 2 is 1.79 bits per heavy atom. The van der Waals surface area contributed by atoms with Gasteiger partial charge in [0, 0.05) is 30.4 Å². The van der Waals surface area contributed by atoms with Gasteiger partial charge in [0.05, 0.1) is 5.41 Å². The fraction of sp³-hybridized carbons (Fsp3) is 0.263. The van der Waals surface area contributed by atoms with E-state index in [1.165, 1.54) is 4.90 Å². The molecular formula is C19H19ClN2O2. The molecule has 3 rings (SSSR count). The molecule has 0 atom stereocenters. The number of anilines is 1. The molecule has 2 aromatic carbocycles. The SMILES string of the molecule is CN(C)C(=O)c1cccc(NC(=O)C2(c3cccc(Cl)c3)CC2)c1. The van der Waals surface area contributed by atoms with Crippen LogP contribution in [-0.4, -0.2) is 30.8 Å². The highest BCUT2D eigenvalue weighted by atomic mass is 35.5. The summed E-state index contributed by atoms with van der Waals surface area (Å²) in [6.07, 6.45) is 1.60. The highest BCUT2D eigenvalue weighted by Crippen LogP contribution is 2.49. The van der Waals surface area contributed by atoms with E-state index < -0.39 is 5.41 Å². The Morgan fingerprint density at radius 3 is 2.42 bits per heavy atom. The van der Waals surface area contributed by atoms with Crippen molar-refractivity contribution in [1.29, 1.82) is 0 Å². The van der Waals surface area contributed by atoms with Crippen LogP contribution in [0.15, 0.2) is 48.5 Å². The molecule has 1 saturated carbocycles. The van der Waals surface area contributed by atoms with Crippen LogP contribution < -0.4 is 5.32 Å². The summed E-state index contributed by atoms with van der Waals surface area (Å²) >= 11 is 6.05. The molecule has 5 heteroatoms. The van der Waals surface area contributed by atoms with Gasteiger partial charge in [0.25, 0.3) is 5.91 Å². The van der Waals surface area contributed by atoms with Crippen molar-refractivity contribution < 1.29 is 9.59 Å². The predicted octanol–water partition coefficient (Wildman–Crippen LogP) is 3.71. The number of carbonyl (C=O) groups excluding carboxylic acids is 2. The van der Waals surface area contributed by atoms with Gasteiger partial charge in [-0.05, 0) is 48.7 Å². The van der Waals surface area contributed by atoms with Crippen LogP contribution in [0.25, 0.3) is 0 Å². The highest BCUT2D eigenvalue weighted by Gasteiger charge is 2.51. The molecule has 0 radical (unpaired) electrons. The van der Waals surface area contributed by atoms with E-state index in [0.717, 1.165) is 18.4 Å². The van der Waals surface area contributed by atoms with Gasteiger partial charge in [-0.2, -0.15) is 0 Å². The molecule has 0 unspecified atom stereocenters. The molecule has 4 nitrogen and oxygen atoms in total. The first-order valence-electron chi connectivity index (χ1n) is 7.82. The summed E-state index contributed by atoms with van der Waals surface area (Å²) in [5.74, 6) is -0.152. The van der Waals surface area contributed by atoms with Crippen LogP contribution >= 0.6 is 11.6 Å². The Kier molecular flexibility index (Phi) is 4.33. The first-order valence-corrected chi connectivity index (χ1v) is 8.19. The van der Waals surface area contributed by atoms with Crippen LogP contribution in [0.1, 0.15) is 28.8 Å². The lowest BCUT2D eigenvalue weighted by Gasteiger charge is -2.17. The summed E-state index contributed by atoms with van der Waals surface area (Å²) < 4.78 is 0. The highest BCUT2D eigenvalue weighted by molar-refractivity contribution is 6.30. The van der Waals surface area contributed by atoms with Gasteiger partial charge in [-0.15, -0.1) is 0 Å². The van der Waals surface area contributed by atoms with E-state index >= 15 is 0 Å². The first kappa shape index (κ1) is 16.5. The van der Waals surface area contributed by atoms with Crippen LogP contribution in [0.4, 0.5) is 5.69 Å². The number of rotatable bonds is 4. The standard InChI is InChI=1S/C19H19ClN2O2/c1-22(2)17(23)13-5-3-8-16(11-13)21-18(24)19(9-10-19)14-6-4-7-15(20)12-14/h3-8,11-12H,9-10H2,1-2H3,(H,21,24). The van der Waals surface area contributed by atoms with Crippen LogP contribution in [0.5, 0.6) is 0 Å². The number of nitrogens with zero attached hydrogens (tertiary/aromatic N) is 1. The van der Waals surface area contributed by atoms with Gasteiger partial charge in [0.2, 0.25) is 5.91 Å². The molecule has 0 spiro atoms. The third-order valence-electron chi connectivity index (χ3n) is 4.34. The number of nitrogens with one attached hydrogen (secondary N) is 1. The number of carbonyl (C=O) groups is 2. The predicted molar refractivity (Wildman–Crippen MR) is 95.5 cm³/mol. The zero-order valence-corrected chi connectivity index (χ0v) is 14.4. The fourth-order valence-corrected chi connectivity index (χ4v) is 2.99. The Labute approximate surface area is 146 Å². The third kappa shape index (κ3) is 3.15. The minimum atomic E-state index is -0.507. The summed E-state index contributed by atoms with van der Waals surface area (Å²) in [6.45, 7) is 0. The average molecular weight is 343 g/mol. The molecule has 1 aliphatic carbocycles. The number of hydrogen-bond acceptors (Lipinski definition) is 2. The van der Waals surface area contributed by atoms with E-state index in [1.807, 2.05) is 18.2 Å². The minimum Gasteiger partial charge on any atom is -0.345 e. The summed E-state index contributed by atoms with van der Waals surface area (Å²) in [5, 5.41) is 3.57. The Balaban J connectivity index is 1.80. The fourth-order valence-electron chi connectivity index (χ4n) is 2.80. The van der Waals surface area contributed by atoms with E-state index in [0.29, 0.717) is 16.3 Å². The molecule has 0 heterocycles. The van der Waals surface area contributed by atoms with Gasteiger partial charge >= 0.3 is 0 Å². The molecular weight excluding hydrogens is 324 g/mol. The van der Waals surface area contributed by atoms with Crippen LogP contribution in [-0.2, 0) is 10.2 Å². The molecule has 1 fully saturated rings. The molecule has 0 aromatic heterocycles. The summed E-state index contributed by atoms with van der Waals surface area (Å²) in [4.78, 5) is 26.3. The maximum absolute atomic E-state index is 12.8. The topological polar surface area (TPSA) is 49.4 Å². The number of amides is 2. The molecule has 0 bridgehead atoms. The van der Waals surface area contributed by atoms with Crippen molar-refractivity contribution in [1.82, 2.24) is 4.90 Å². The molecule has 24 heavy (non-hydrogen) atoms. The molecule has 1 N–H and O–H groups in total. The van der Waals surface area contributed by atoms with Crippen molar-refractivity contribution in [3.63, 3.8) is 0 Å². The molecule has 0 saturated heterocycles. The average Bonchev–Trinajstić information content (AvgIpc) is 3.36. The van der Waals surface area contributed by atoms with Crippen LogP contribution in [0.2, 0.25) is 5.02 Å². The smallest absolute Gasteiger partial charge is 0.253 e. The lowest BCUT2D eigenvalue weighted by Crippen LogP contribution is -2.28. The van der Waals surface area contributed by atoms with Crippen LogP contribution in [0.3, 0.4) is 0 Å². The lowest BCUT2D eigenvalue weighted by atomic mass is 9.95. The number of benzene rings is 2. The Bertz CT molecular complexity index is 797. The van der Waals surface area contributed by atoms with Crippen molar-refractivity contribution in [2.75, 3.05) is 19.4 Å². The van der Waals surface area contributed by atoms with Crippen molar-refractivity contribution in [3.05, 3.63) is 64.7 Å². The van der Waals surface area contributed by atoms with Crippen molar-refractivity contribution >= 4 is 29.1 Å². The van der Waals surface area contributed by atoms with Gasteiger partial charge in [0.1, 0.15) is 0 Å². The van der Waals surface area contributed by atoms with E-state index in [9.17, 15) is 9.59 Å². The number of hydrogen-bond donors (Lipinski definition) is 1. The van der Waals surface area contributed by atoms with Crippen molar-refractivity contribution in [2.45, 2.75) is 18.3 Å².